The van der Waals surface area contributed by atoms with Gasteiger partial charge in [0.15, 0.2) is 5.82 Å². The zero-order valence-corrected chi connectivity index (χ0v) is 18.4. The van der Waals surface area contributed by atoms with Crippen LogP contribution in [0.2, 0.25) is 0 Å². The Morgan fingerprint density at radius 3 is 2.28 bits per heavy atom. The lowest BCUT2D eigenvalue weighted by Gasteiger charge is -2.30. The molecule has 0 amide bonds. The summed E-state index contributed by atoms with van der Waals surface area (Å²) in [4.78, 5) is 4.37. The molecule has 0 saturated carbocycles. The first-order valence-corrected chi connectivity index (χ1v) is 12.5. The van der Waals surface area contributed by atoms with Crippen molar-refractivity contribution in [1.82, 2.24) is 18.8 Å². The predicted molar refractivity (Wildman–Crippen MR) is 106 cm³/mol. The van der Waals surface area contributed by atoms with Crippen LogP contribution in [0, 0.1) is 6.92 Å². The van der Waals surface area contributed by atoms with E-state index < -0.39 is 20.0 Å². The first kappa shape index (κ1) is 21.9. The van der Waals surface area contributed by atoms with Crippen molar-refractivity contribution >= 4 is 20.0 Å². The van der Waals surface area contributed by atoms with E-state index in [9.17, 15) is 16.8 Å². The highest BCUT2D eigenvalue weighted by molar-refractivity contribution is 7.89. The third-order valence-corrected chi connectivity index (χ3v) is 9.02. The lowest BCUT2D eigenvalue weighted by Crippen LogP contribution is -2.39. The number of benzene rings is 1. The summed E-state index contributed by atoms with van der Waals surface area (Å²) in [6.45, 7) is 6.59. The summed E-state index contributed by atoms with van der Waals surface area (Å²) in [5.74, 6) is 0.815. The van der Waals surface area contributed by atoms with Gasteiger partial charge in [0.25, 0.3) is 0 Å². The van der Waals surface area contributed by atoms with Gasteiger partial charge in [0.1, 0.15) is 0 Å². The van der Waals surface area contributed by atoms with Gasteiger partial charge in [-0.3, -0.25) is 0 Å². The molecule has 1 fully saturated rings. The molecule has 0 spiro atoms. The smallest absolute Gasteiger partial charge is 0.243 e. The van der Waals surface area contributed by atoms with Crippen LogP contribution < -0.4 is 0 Å². The molecule has 1 atom stereocenters. The van der Waals surface area contributed by atoms with E-state index in [1.165, 1.54) is 32.9 Å². The second-order valence-corrected chi connectivity index (χ2v) is 10.8. The molecule has 0 radical (unpaired) electrons. The van der Waals surface area contributed by atoms with Gasteiger partial charge in [0, 0.05) is 26.2 Å². The molecule has 1 saturated heterocycles. The van der Waals surface area contributed by atoms with Crippen LogP contribution in [0.15, 0.2) is 38.6 Å². The van der Waals surface area contributed by atoms with Crippen LogP contribution in [0.25, 0.3) is 0 Å². The molecule has 0 N–H and O–H groups in total. The Bertz CT molecular complexity index is 1040. The number of aryl methyl sites for hydroxylation is 1. The number of piperidine rings is 1. The molecule has 1 aliphatic heterocycles. The highest BCUT2D eigenvalue weighted by Crippen LogP contribution is 2.30. The van der Waals surface area contributed by atoms with Gasteiger partial charge in [0.05, 0.1) is 15.7 Å². The molecule has 0 aliphatic carbocycles. The van der Waals surface area contributed by atoms with E-state index in [0.29, 0.717) is 37.8 Å². The minimum absolute atomic E-state index is 0.0679. The third kappa shape index (κ3) is 4.37. The molecule has 1 aromatic carbocycles. The van der Waals surface area contributed by atoms with Gasteiger partial charge in [-0.25, -0.2) is 16.8 Å². The summed E-state index contributed by atoms with van der Waals surface area (Å²) in [5.41, 5.74) is 0. The monoisotopic (exact) mass is 442 g/mol. The molecule has 1 aromatic heterocycles. The second kappa shape index (κ2) is 8.50. The molecule has 1 aliphatic rings. The Hall–Kier alpha value is -1.82. The Morgan fingerprint density at radius 1 is 1.10 bits per heavy atom. The summed E-state index contributed by atoms with van der Waals surface area (Å²) < 4.78 is 59.3. The minimum atomic E-state index is -3.75. The highest BCUT2D eigenvalue weighted by atomic mass is 32.2. The first-order valence-electron chi connectivity index (χ1n) is 9.60. The second-order valence-electron chi connectivity index (χ2n) is 6.94. The molecule has 2 aromatic rings. The van der Waals surface area contributed by atoms with Crippen molar-refractivity contribution in [3.63, 3.8) is 0 Å². The molecule has 3 rings (SSSR count). The van der Waals surface area contributed by atoms with Gasteiger partial charge in [-0.05, 0) is 44.0 Å². The third-order valence-electron chi connectivity index (χ3n) is 5.08. The average molecular weight is 443 g/mol. The van der Waals surface area contributed by atoms with Crippen molar-refractivity contribution in [3.05, 3.63) is 36.0 Å². The van der Waals surface area contributed by atoms with Gasteiger partial charge in [-0.1, -0.05) is 19.0 Å². The van der Waals surface area contributed by atoms with E-state index in [1.54, 1.807) is 20.8 Å². The maximum Gasteiger partial charge on any atom is 0.243 e. The van der Waals surface area contributed by atoms with E-state index in [4.69, 9.17) is 4.52 Å². The lowest BCUT2D eigenvalue weighted by atomic mass is 10.00. The Kier molecular flexibility index (Phi) is 6.42. The van der Waals surface area contributed by atoms with Gasteiger partial charge in [-0.15, -0.1) is 0 Å². The van der Waals surface area contributed by atoms with Crippen LogP contribution in [-0.4, -0.2) is 61.8 Å². The fraction of sp³-hybridized carbons (Fsp3) is 0.556. The summed E-state index contributed by atoms with van der Waals surface area (Å²) >= 11 is 0. The van der Waals surface area contributed by atoms with Crippen LogP contribution >= 0.6 is 0 Å². The zero-order chi connectivity index (χ0) is 21.2. The van der Waals surface area contributed by atoms with Gasteiger partial charge in [0.2, 0.25) is 25.9 Å². The molecular weight excluding hydrogens is 416 g/mol. The molecule has 0 bridgehead atoms. The summed E-state index contributed by atoms with van der Waals surface area (Å²) in [5, 5.41) is 3.78. The number of sulfonamides is 2. The Morgan fingerprint density at radius 2 is 1.72 bits per heavy atom. The lowest BCUT2D eigenvalue weighted by molar-refractivity contribution is 0.265. The number of rotatable bonds is 7. The number of aromatic nitrogens is 2. The minimum Gasteiger partial charge on any atom is -0.339 e. The maximum absolute atomic E-state index is 13.1. The summed E-state index contributed by atoms with van der Waals surface area (Å²) in [7, 11) is -7.39. The fourth-order valence-electron chi connectivity index (χ4n) is 3.49. The van der Waals surface area contributed by atoms with E-state index in [0.717, 1.165) is 6.42 Å². The molecule has 0 unspecified atom stereocenters. The van der Waals surface area contributed by atoms with Crippen molar-refractivity contribution < 1.29 is 21.4 Å². The van der Waals surface area contributed by atoms with Crippen LogP contribution in [0.4, 0.5) is 0 Å². The summed E-state index contributed by atoms with van der Waals surface area (Å²) in [6.07, 6.45) is 1.45. The van der Waals surface area contributed by atoms with Crippen molar-refractivity contribution in [2.75, 3.05) is 26.2 Å². The van der Waals surface area contributed by atoms with Crippen LogP contribution in [0.3, 0.4) is 0 Å². The molecule has 29 heavy (non-hydrogen) atoms. The van der Waals surface area contributed by atoms with Gasteiger partial charge >= 0.3 is 0 Å². The Balaban J connectivity index is 1.82. The maximum atomic E-state index is 13.1. The van der Waals surface area contributed by atoms with Crippen molar-refractivity contribution in [3.8, 4) is 0 Å². The summed E-state index contributed by atoms with van der Waals surface area (Å²) in [6, 6.07) is 5.41. The van der Waals surface area contributed by atoms with Crippen LogP contribution in [0.1, 0.15) is 44.3 Å². The first-order chi connectivity index (χ1) is 13.7. The van der Waals surface area contributed by atoms with Crippen LogP contribution in [-0.2, 0) is 20.0 Å². The van der Waals surface area contributed by atoms with Crippen molar-refractivity contribution in [1.29, 1.82) is 0 Å². The molecule has 160 valence electrons. The van der Waals surface area contributed by atoms with Crippen LogP contribution in [0.5, 0.6) is 0 Å². The Labute approximate surface area is 171 Å². The molecule has 11 heteroatoms. The molecule has 9 nitrogen and oxygen atoms in total. The van der Waals surface area contributed by atoms with E-state index >= 15 is 0 Å². The van der Waals surface area contributed by atoms with Crippen molar-refractivity contribution in [2.45, 2.75) is 49.3 Å². The van der Waals surface area contributed by atoms with E-state index in [1.807, 2.05) is 0 Å². The quantitative estimate of drug-likeness (QED) is 0.644. The average Bonchev–Trinajstić information content (AvgIpc) is 3.15. The fourth-order valence-corrected chi connectivity index (χ4v) is 6.47. The number of hydrogen-bond acceptors (Lipinski definition) is 7. The van der Waals surface area contributed by atoms with Gasteiger partial charge < -0.3 is 4.52 Å². The molecule has 2 heterocycles. The van der Waals surface area contributed by atoms with Gasteiger partial charge in [-0.2, -0.15) is 13.6 Å². The SMILES string of the molecule is CCN(CC)S(=O)(=O)c1ccc(S(=O)(=O)N2CCC[C@@H](c3nc(C)no3)C2)cc1. The normalized spacial score (nSPS) is 19.0. The largest absolute Gasteiger partial charge is 0.339 e. The highest BCUT2D eigenvalue weighted by Gasteiger charge is 2.33. The van der Waals surface area contributed by atoms with Crippen molar-refractivity contribution in [2.24, 2.45) is 0 Å². The van der Waals surface area contributed by atoms with E-state index in [2.05, 4.69) is 10.1 Å². The topological polar surface area (TPSA) is 114 Å². The zero-order valence-electron chi connectivity index (χ0n) is 16.8. The number of hydrogen-bond donors (Lipinski definition) is 0. The number of nitrogens with zero attached hydrogens (tertiary/aromatic N) is 4. The predicted octanol–water partition coefficient (Wildman–Crippen LogP) is 1.98. The molecular formula is C18H26N4O5S2. The van der Waals surface area contributed by atoms with E-state index in [-0.39, 0.29) is 22.3 Å². The standard InChI is InChI=1S/C18H26N4O5S2/c1-4-21(5-2)28(23,24)16-8-10-17(11-9-16)29(25,26)22-12-6-7-15(13-22)18-19-14(3)20-27-18/h8-11,15H,4-7,12-13H2,1-3H3/t15-/m1/s1.